The Kier molecular flexibility index (Phi) is 11.1. The van der Waals surface area contributed by atoms with Crippen molar-refractivity contribution in [2.45, 2.75) is 6.61 Å². The maximum Gasteiger partial charge on any atom is 0.346 e. The summed E-state index contributed by atoms with van der Waals surface area (Å²) in [5.74, 6) is 0.531. The molecule has 1 atom stereocenters. The van der Waals surface area contributed by atoms with Gasteiger partial charge in [-0.3, -0.25) is 4.57 Å². The molecule has 0 aliphatic carbocycles. The van der Waals surface area contributed by atoms with Gasteiger partial charge in [0.2, 0.25) is 0 Å². The van der Waals surface area contributed by atoms with E-state index < -0.39 is 7.67 Å². The van der Waals surface area contributed by atoms with Crippen LogP contribution in [-0.4, -0.2) is 70.7 Å². The van der Waals surface area contributed by atoms with Gasteiger partial charge in [-0.05, 0) is 5.56 Å². The Bertz CT molecular complexity index is 464. The van der Waals surface area contributed by atoms with Gasteiger partial charge < -0.3 is 14.7 Å². The van der Waals surface area contributed by atoms with Crippen LogP contribution < -0.4 is 0 Å². The summed E-state index contributed by atoms with van der Waals surface area (Å²) >= 11 is 11.7. The van der Waals surface area contributed by atoms with Crippen LogP contribution in [0.25, 0.3) is 0 Å². The SMILES string of the molecule is O=P(OCc1ccccc1)(N(CCO)CCO)N(CCCl)CCCl. The highest BCUT2D eigenvalue weighted by atomic mass is 35.5. The Hall–Kier alpha value is -0.170. The molecule has 9 heteroatoms. The van der Waals surface area contributed by atoms with E-state index in [4.69, 9.17) is 27.7 Å². The first-order valence-electron chi connectivity index (χ1n) is 7.75. The van der Waals surface area contributed by atoms with Crippen LogP contribution in [0.1, 0.15) is 5.56 Å². The quantitative estimate of drug-likeness (QED) is 0.392. The van der Waals surface area contributed by atoms with E-state index in [2.05, 4.69) is 0 Å². The summed E-state index contributed by atoms with van der Waals surface area (Å²) in [4.78, 5) is 0. The highest BCUT2D eigenvalue weighted by Crippen LogP contribution is 2.54. The van der Waals surface area contributed by atoms with Crippen LogP contribution in [0.3, 0.4) is 0 Å². The summed E-state index contributed by atoms with van der Waals surface area (Å²) in [6, 6.07) is 9.39. The largest absolute Gasteiger partial charge is 0.395 e. The first-order valence-corrected chi connectivity index (χ1v) is 10.3. The van der Waals surface area contributed by atoms with E-state index in [1.54, 1.807) is 4.67 Å². The fourth-order valence-corrected chi connectivity index (χ4v) is 5.27. The second-order valence-corrected chi connectivity index (χ2v) is 8.11. The second-order valence-electron chi connectivity index (χ2n) is 4.98. The minimum Gasteiger partial charge on any atom is -0.395 e. The third-order valence-electron chi connectivity index (χ3n) is 3.36. The Morgan fingerprint density at radius 2 is 1.42 bits per heavy atom. The molecule has 0 saturated heterocycles. The predicted molar refractivity (Wildman–Crippen MR) is 97.6 cm³/mol. The van der Waals surface area contributed by atoms with Crippen molar-refractivity contribution in [2.75, 3.05) is 51.2 Å². The zero-order valence-corrected chi connectivity index (χ0v) is 16.0. The Balaban J connectivity index is 3.04. The first kappa shape index (κ1) is 21.9. The highest BCUT2D eigenvalue weighted by molar-refractivity contribution is 7.53. The van der Waals surface area contributed by atoms with E-state index >= 15 is 0 Å². The topological polar surface area (TPSA) is 73.2 Å². The molecule has 1 aromatic carbocycles. The minimum atomic E-state index is -3.49. The van der Waals surface area contributed by atoms with Crippen molar-refractivity contribution < 1.29 is 19.3 Å². The zero-order chi connectivity index (χ0) is 17.8. The molecular weight excluding hydrogens is 374 g/mol. The van der Waals surface area contributed by atoms with Crippen molar-refractivity contribution >= 4 is 30.9 Å². The number of hydrogen-bond donors (Lipinski definition) is 2. The lowest BCUT2D eigenvalue weighted by Crippen LogP contribution is -2.38. The van der Waals surface area contributed by atoms with E-state index in [1.807, 2.05) is 30.3 Å². The van der Waals surface area contributed by atoms with Crippen molar-refractivity contribution in [2.24, 2.45) is 0 Å². The number of benzene rings is 1. The van der Waals surface area contributed by atoms with E-state index in [0.717, 1.165) is 5.56 Å². The minimum absolute atomic E-state index is 0.119. The standard InChI is InChI=1S/C15H25Cl2N2O4P/c16-6-8-18(9-7-17)24(22,19(10-12-20)11-13-21)23-14-15-4-2-1-3-5-15/h1-5,20-21H,6-14H2. The van der Waals surface area contributed by atoms with E-state index in [1.165, 1.54) is 4.67 Å². The molecule has 1 aromatic rings. The molecule has 0 amide bonds. The molecule has 0 aliphatic heterocycles. The van der Waals surface area contributed by atoms with Crippen molar-refractivity contribution in [3.63, 3.8) is 0 Å². The predicted octanol–water partition coefficient (Wildman–Crippen LogP) is 2.38. The van der Waals surface area contributed by atoms with Crippen molar-refractivity contribution in [1.82, 2.24) is 9.34 Å². The first-order chi connectivity index (χ1) is 11.6. The van der Waals surface area contributed by atoms with Crippen LogP contribution in [0.2, 0.25) is 0 Å². The van der Waals surface area contributed by atoms with Crippen molar-refractivity contribution in [3.8, 4) is 0 Å². The maximum atomic E-state index is 13.6. The number of rotatable bonds is 13. The van der Waals surface area contributed by atoms with Crippen LogP contribution in [0.4, 0.5) is 0 Å². The van der Waals surface area contributed by atoms with E-state index in [0.29, 0.717) is 13.1 Å². The summed E-state index contributed by atoms with van der Waals surface area (Å²) in [5.41, 5.74) is 0.877. The number of nitrogens with zero attached hydrogens (tertiary/aromatic N) is 2. The number of alkyl halides is 2. The Morgan fingerprint density at radius 1 is 0.917 bits per heavy atom. The van der Waals surface area contributed by atoms with Crippen LogP contribution in [0.5, 0.6) is 0 Å². The number of aliphatic hydroxyl groups excluding tert-OH is 2. The second kappa shape index (κ2) is 12.2. The molecule has 1 unspecified atom stereocenters. The normalized spacial score (nSPS) is 14.2. The smallest absolute Gasteiger partial charge is 0.346 e. The van der Waals surface area contributed by atoms with E-state index in [9.17, 15) is 14.8 Å². The molecule has 0 aromatic heterocycles. The molecule has 0 bridgehead atoms. The molecule has 6 nitrogen and oxygen atoms in total. The van der Waals surface area contributed by atoms with Gasteiger partial charge in [0.1, 0.15) is 0 Å². The Labute approximate surface area is 153 Å². The van der Waals surface area contributed by atoms with Crippen molar-refractivity contribution in [1.29, 1.82) is 0 Å². The lowest BCUT2D eigenvalue weighted by atomic mass is 10.2. The third-order valence-corrected chi connectivity index (χ3v) is 6.39. The van der Waals surface area contributed by atoms with Crippen LogP contribution in [0, 0.1) is 0 Å². The van der Waals surface area contributed by atoms with Gasteiger partial charge in [0.25, 0.3) is 0 Å². The van der Waals surface area contributed by atoms with Gasteiger partial charge in [-0.2, -0.15) is 0 Å². The lowest BCUT2D eigenvalue weighted by Gasteiger charge is -2.37. The molecular formula is C15H25Cl2N2O4P. The molecule has 1 rings (SSSR count). The highest BCUT2D eigenvalue weighted by Gasteiger charge is 2.38. The Morgan fingerprint density at radius 3 is 1.88 bits per heavy atom. The van der Waals surface area contributed by atoms with Crippen LogP contribution >= 0.6 is 30.9 Å². The van der Waals surface area contributed by atoms with Crippen LogP contribution in [-0.2, 0) is 15.7 Å². The average molecular weight is 399 g/mol. The number of aliphatic hydroxyl groups is 2. The number of hydrogen-bond acceptors (Lipinski definition) is 4. The summed E-state index contributed by atoms with van der Waals surface area (Å²) in [6.07, 6.45) is 0. The molecule has 138 valence electrons. The van der Waals surface area contributed by atoms with E-state index in [-0.39, 0.29) is 44.7 Å². The van der Waals surface area contributed by atoms with Gasteiger partial charge in [0.05, 0.1) is 19.8 Å². The average Bonchev–Trinajstić information content (AvgIpc) is 2.60. The van der Waals surface area contributed by atoms with Gasteiger partial charge >= 0.3 is 7.67 Å². The van der Waals surface area contributed by atoms with Gasteiger partial charge in [0, 0.05) is 37.9 Å². The summed E-state index contributed by atoms with van der Waals surface area (Å²) in [5, 5.41) is 18.6. The van der Waals surface area contributed by atoms with Gasteiger partial charge in [-0.25, -0.2) is 9.34 Å². The molecule has 0 heterocycles. The zero-order valence-electron chi connectivity index (χ0n) is 13.6. The molecule has 0 radical (unpaired) electrons. The fourth-order valence-electron chi connectivity index (χ4n) is 2.23. The molecule has 2 N–H and O–H groups in total. The molecule has 24 heavy (non-hydrogen) atoms. The maximum absolute atomic E-state index is 13.6. The van der Waals surface area contributed by atoms with Crippen molar-refractivity contribution in [3.05, 3.63) is 35.9 Å². The molecule has 0 aliphatic rings. The molecule has 0 saturated carbocycles. The summed E-state index contributed by atoms with van der Waals surface area (Å²) in [7, 11) is -3.49. The number of halogens is 2. The molecule has 0 spiro atoms. The monoisotopic (exact) mass is 398 g/mol. The van der Waals surface area contributed by atoms with Gasteiger partial charge in [-0.15, -0.1) is 23.2 Å². The van der Waals surface area contributed by atoms with Crippen LogP contribution in [0.15, 0.2) is 30.3 Å². The molecule has 0 fully saturated rings. The van der Waals surface area contributed by atoms with Gasteiger partial charge in [-0.1, -0.05) is 30.3 Å². The lowest BCUT2D eigenvalue weighted by molar-refractivity contribution is 0.162. The fraction of sp³-hybridized carbons (Fsp3) is 0.600. The third kappa shape index (κ3) is 6.62. The van der Waals surface area contributed by atoms with Gasteiger partial charge in [0.15, 0.2) is 0 Å². The summed E-state index contributed by atoms with van der Waals surface area (Å²) < 4.78 is 22.5. The summed E-state index contributed by atoms with van der Waals surface area (Å²) in [6.45, 7) is 0.637.